The van der Waals surface area contributed by atoms with Crippen LogP contribution in [0.3, 0.4) is 0 Å². The van der Waals surface area contributed by atoms with E-state index in [1.807, 2.05) is 26.0 Å². The summed E-state index contributed by atoms with van der Waals surface area (Å²) >= 11 is 0. The summed E-state index contributed by atoms with van der Waals surface area (Å²) in [7, 11) is 0. The molecule has 0 saturated carbocycles. The summed E-state index contributed by atoms with van der Waals surface area (Å²) in [4.78, 5) is 41.6. The number of carbonyl (C=O) groups is 3. The SMILES string of the molecule is Cc1ccc(C(=O)N2N[C@H](c3ccccc3F)[C@@H]3C(=O)N(c4ccc(C)cc4)C(=O)[C@@H]32)cc1. The van der Waals surface area contributed by atoms with Crippen molar-refractivity contribution in [2.45, 2.75) is 25.9 Å². The molecule has 6 nitrogen and oxygen atoms in total. The van der Waals surface area contributed by atoms with Gasteiger partial charge in [0.2, 0.25) is 5.91 Å². The van der Waals surface area contributed by atoms with E-state index in [0.717, 1.165) is 16.0 Å². The standard InChI is InChI=1S/C26H22FN3O3/c1-15-7-11-17(12-8-15)24(31)30-23-21(22(28-30)19-5-3-4-6-20(19)27)25(32)29(26(23)33)18-13-9-16(2)10-14-18/h3-14,21-23,28H,1-2H3/t21-,22+,23+/m0/s1. The topological polar surface area (TPSA) is 69.7 Å². The first-order valence-electron chi connectivity index (χ1n) is 10.7. The number of imide groups is 1. The average molecular weight is 443 g/mol. The van der Waals surface area contributed by atoms with Crippen molar-refractivity contribution >= 4 is 23.4 Å². The molecule has 3 aromatic carbocycles. The summed E-state index contributed by atoms with van der Waals surface area (Å²) in [5, 5.41) is 1.20. The maximum absolute atomic E-state index is 14.7. The third kappa shape index (κ3) is 3.41. The molecule has 0 aromatic heterocycles. The highest BCUT2D eigenvalue weighted by Gasteiger charge is 2.60. The average Bonchev–Trinajstić information content (AvgIpc) is 3.32. The third-order valence-corrected chi connectivity index (χ3v) is 6.28. The van der Waals surface area contributed by atoms with E-state index >= 15 is 0 Å². The molecular weight excluding hydrogens is 421 g/mol. The van der Waals surface area contributed by atoms with Gasteiger partial charge < -0.3 is 0 Å². The van der Waals surface area contributed by atoms with E-state index in [1.54, 1.807) is 54.6 Å². The van der Waals surface area contributed by atoms with E-state index in [4.69, 9.17) is 0 Å². The number of halogens is 1. The molecule has 0 radical (unpaired) electrons. The third-order valence-electron chi connectivity index (χ3n) is 6.28. The van der Waals surface area contributed by atoms with Gasteiger partial charge in [0.15, 0.2) is 0 Å². The Kier molecular flexibility index (Phi) is 5.06. The predicted octanol–water partition coefficient (Wildman–Crippen LogP) is 3.70. The zero-order valence-corrected chi connectivity index (χ0v) is 18.2. The van der Waals surface area contributed by atoms with Crippen molar-refractivity contribution in [1.29, 1.82) is 0 Å². The van der Waals surface area contributed by atoms with Gasteiger partial charge in [-0.2, -0.15) is 0 Å². The van der Waals surface area contributed by atoms with Crippen molar-refractivity contribution in [3.8, 4) is 0 Å². The normalized spacial score (nSPS) is 22.1. The zero-order valence-electron chi connectivity index (χ0n) is 18.2. The Hall–Kier alpha value is -3.84. The highest BCUT2D eigenvalue weighted by atomic mass is 19.1. The Balaban J connectivity index is 1.59. The van der Waals surface area contributed by atoms with Gasteiger partial charge in [-0.1, -0.05) is 53.6 Å². The smallest absolute Gasteiger partial charge is 0.268 e. The number of hydrogen-bond acceptors (Lipinski definition) is 4. The van der Waals surface area contributed by atoms with Gasteiger partial charge >= 0.3 is 0 Å². The molecule has 2 saturated heterocycles. The molecule has 5 rings (SSSR count). The van der Waals surface area contributed by atoms with Crippen LogP contribution in [0.5, 0.6) is 0 Å². The molecule has 0 unspecified atom stereocenters. The fourth-order valence-corrected chi connectivity index (χ4v) is 4.54. The second-order valence-electron chi connectivity index (χ2n) is 8.49. The summed E-state index contributed by atoms with van der Waals surface area (Å²) in [6.07, 6.45) is 0. The Morgan fingerprint density at radius 3 is 2.09 bits per heavy atom. The fourth-order valence-electron chi connectivity index (χ4n) is 4.54. The van der Waals surface area contributed by atoms with Gasteiger partial charge in [0.25, 0.3) is 11.8 Å². The lowest BCUT2D eigenvalue weighted by molar-refractivity contribution is -0.123. The Bertz CT molecular complexity index is 1260. The van der Waals surface area contributed by atoms with E-state index in [-0.39, 0.29) is 5.56 Å². The first-order valence-corrected chi connectivity index (χ1v) is 10.7. The van der Waals surface area contributed by atoms with Gasteiger partial charge in [0.1, 0.15) is 11.9 Å². The molecule has 0 bridgehead atoms. The lowest BCUT2D eigenvalue weighted by Gasteiger charge is -2.25. The van der Waals surface area contributed by atoms with E-state index in [0.29, 0.717) is 11.3 Å². The molecule has 2 fully saturated rings. The number of hydrogen-bond donors (Lipinski definition) is 1. The second-order valence-corrected chi connectivity index (χ2v) is 8.49. The summed E-state index contributed by atoms with van der Waals surface area (Å²) in [5.74, 6) is -2.89. The van der Waals surface area contributed by atoms with Crippen LogP contribution in [-0.4, -0.2) is 28.8 Å². The van der Waals surface area contributed by atoms with Crippen LogP contribution in [0, 0.1) is 25.6 Å². The number of carbonyl (C=O) groups excluding carboxylic acids is 3. The van der Waals surface area contributed by atoms with E-state index in [9.17, 15) is 18.8 Å². The number of rotatable bonds is 3. The number of anilines is 1. The van der Waals surface area contributed by atoms with Gasteiger partial charge in [0.05, 0.1) is 17.6 Å². The quantitative estimate of drug-likeness (QED) is 0.627. The molecule has 2 heterocycles. The van der Waals surface area contributed by atoms with Gasteiger partial charge in [-0.25, -0.2) is 14.7 Å². The lowest BCUT2D eigenvalue weighted by Crippen LogP contribution is -2.48. The highest BCUT2D eigenvalue weighted by Crippen LogP contribution is 2.42. The summed E-state index contributed by atoms with van der Waals surface area (Å²) < 4.78 is 14.7. The van der Waals surface area contributed by atoms with Crippen LogP contribution in [0.2, 0.25) is 0 Å². The van der Waals surface area contributed by atoms with Crippen molar-refractivity contribution < 1.29 is 18.8 Å². The number of aryl methyl sites for hydroxylation is 2. The van der Waals surface area contributed by atoms with Crippen molar-refractivity contribution in [2.75, 3.05) is 4.90 Å². The number of benzene rings is 3. The Morgan fingerprint density at radius 1 is 0.848 bits per heavy atom. The van der Waals surface area contributed by atoms with E-state index in [2.05, 4.69) is 5.43 Å². The highest BCUT2D eigenvalue weighted by molar-refractivity contribution is 6.25. The molecule has 7 heteroatoms. The predicted molar refractivity (Wildman–Crippen MR) is 121 cm³/mol. The zero-order chi connectivity index (χ0) is 23.3. The molecule has 2 aliphatic rings. The molecule has 2 aliphatic heterocycles. The Labute approximate surface area is 190 Å². The van der Waals surface area contributed by atoms with Crippen LogP contribution in [0.15, 0.2) is 72.8 Å². The van der Waals surface area contributed by atoms with Crippen LogP contribution in [0.1, 0.15) is 33.1 Å². The van der Waals surface area contributed by atoms with Crippen molar-refractivity contribution in [3.05, 3.63) is 101 Å². The molecule has 0 aliphatic carbocycles. The number of hydrazine groups is 1. The minimum atomic E-state index is -1.09. The minimum Gasteiger partial charge on any atom is -0.274 e. The van der Waals surface area contributed by atoms with Gasteiger partial charge in [-0.3, -0.25) is 19.4 Å². The van der Waals surface area contributed by atoms with Gasteiger partial charge in [0, 0.05) is 11.1 Å². The maximum atomic E-state index is 14.7. The molecule has 3 aromatic rings. The first-order chi connectivity index (χ1) is 15.9. The van der Waals surface area contributed by atoms with Crippen LogP contribution >= 0.6 is 0 Å². The molecular formula is C26H22FN3O3. The second kappa shape index (κ2) is 7.94. The summed E-state index contributed by atoms with van der Waals surface area (Å²) in [6.45, 7) is 3.82. The molecule has 33 heavy (non-hydrogen) atoms. The van der Waals surface area contributed by atoms with Crippen molar-refractivity contribution in [1.82, 2.24) is 10.4 Å². The first kappa shape index (κ1) is 21.0. The Morgan fingerprint density at radius 2 is 1.45 bits per heavy atom. The van der Waals surface area contributed by atoms with Crippen molar-refractivity contribution in [2.24, 2.45) is 5.92 Å². The monoisotopic (exact) mass is 443 g/mol. The largest absolute Gasteiger partial charge is 0.274 e. The summed E-state index contributed by atoms with van der Waals surface area (Å²) in [6, 6.07) is 18.1. The molecule has 3 amide bonds. The number of nitrogens with zero attached hydrogens (tertiary/aromatic N) is 2. The van der Waals surface area contributed by atoms with Crippen LogP contribution in [-0.2, 0) is 9.59 Å². The number of nitrogens with one attached hydrogen (secondary N) is 1. The lowest BCUT2D eigenvalue weighted by atomic mass is 9.90. The number of amides is 3. The molecule has 166 valence electrons. The maximum Gasteiger partial charge on any atom is 0.268 e. The van der Waals surface area contributed by atoms with Crippen LogP contribution < -0.4 is 10.3 Å². The summed E-state index contributed by atoms with van der Waals surface area (Å²) in [5.41, 5.74) is 5.99. The van der Waals surface area contributed by atoms with Crippen LogP contribution in [0.25, 0.3) is 0 Å². The van der Waals surface area contributed by atoms with Crippen LogP contribution in [0.4, 0.5) is 10.1 Å². The van der Waals surface area contributed by atoms with Gasteiger partial charge in [-0.05, 0) is 44.2 Å². The molecule has 1 N–H and O–H groups in total. The fraction of sp³-hybridized carbons (Fsp3) is 0.192. The number of fused-ring (bicyclic) bond motifs is 1. The molecule has 0 spiro atoms. The van der Waals surface area contributed by atoms with E-state index < -0.39 is 41.5 Å². The molecule has 3 atom stereocenters. The minimum absolute atomic E-state index is 0.235. The van der Waals surface area contributed by atoms with E-state index in [1.165, 1.54) is 11.1 Å². The van der Waals surface area contributed by atoms with Crippen molar-refractivity contribution in [3.63, 3.8) is 0 Å². The van der Waals surface area contributed by atoms with Gasteiger partial charge in [-0.15, -0.1) is 0 Å².